The molecule has 0 radical (unpaired) electrons. The predicted octanol–water partition coefficient (Wildman–Crippen LogP) is 2.73. The van der Waals surface area contributed by atoms with Gasteiger partial charge < -0.3 is 0 Å². The first-order valence-corrected chi connectivity index (χ1v) is 8.38. The van der Waals surface area contributed by atoms with Crippen LogP contribution in [0.4, 0.5) is 0 Å². The second-order valence-electron chi connectivity index (χ2n) is 4.68. The Balaban J connectivity index is 2.23. The Morgan fingerprint density at radius 2 is 2.24 bits per heavy atom. The molecule has 3 nitrogen and oxygen atoms in total. The van der Waals surface area contributed by atoms with Crippen molar-refractivity contribution in [2.45, 2.75) is 37.3 Å². The first-order valence-electron chi connectivity index (χ1n) is 6.13. The number of thiophene rings is 1. The Hall–Kier alpha value is -0.390. The van der Waals surface area contributed by atoms with Crippen LogP contribution in [0.5, 0.6) is 0 Å². The summed E-state index contributed by atoms with van der Waals surface area (Å²) in [5.41, 5.74) is 0. The van der Waals surface area contributed by atoms with Crippen LogP contribution in [0.15, 0.2) is 16.3 Å². The molecule has 1 unspecified atom stereocenters. The lowest BCUT2D eigenvalue weighted by molar-refractivity contribution is 0.281. The molecular formula is C12H19NO2S2. The third-order valence-electron chi connectivity index (χ3n) is 3.20. The van der Waals surface area contributed by atoms with E-state index in [1.165, 1.54) is 11.3 Å². The second kappa shape index (κ2) is 5.08. The molecule has 17 heavy (non-hydrogen) atoms. The Kier molecular flexibility index (Phi) is 3.90. The van der Waals surface area contributed by atoms with E-state index in [0.717, 1.165) is 24.1 Å². The molecule has 0 aromatic carbocycles. The lowest BCUT2D eigenvalue weighted by Crippen LogP contribution is -2.38. The van der Waals surface area contributed by atoms with E-state index in [-0.39, 0.29) is 0 Å². The van der Waals surface area contributed by atoms with E-state index in [1.54, 1.807) is 10.4 Å². The minimum atomic E-state index is -3.23. The summed E-state index contributed by atoms with van der Waals surface area (Å²) in [7, 11) is -3.23. The minimum absolute atomic E-state index is 0.476. The van der Waals surface area contributed by atoms with Crippen LogP contribution in [0, 0.1) is 5.92 Å². The number of hydrogen-bond donors (Lipinski definition) is 0. The van der Waals surface area contributed by atoms with Gasteiger partial charge in [-0.05, 0) is 37.3 Å². The van der Waals surface area contributed by atoms with E-state index in [2.05, 4.69) is 6.92 Å². The van der Waals surface area contributed by atoms with Gasteiger partial charge in [0.1, 0.15) is 4.21 Å². The van der Waals surface area contributed by atoms with E-state index in [4.69, 9.17) is 0 Å². The molecule has 1 saturated heterocycles. The van der Waals surface area contributed by atoms with Crippen molar-refractivity contribution in [3.8, 4) is 0 Å². The van der Waals surface area contributed by atoms with E-state index in [0.29, 0.717) is 23.2 Å². The van der Waals surface area contributed by atoms with E-state index in [1.807, 2.05) is 13.0 Å². The van der Waals surface area contributed by atoms with E-state index >= 15 is 0 Å². The summed E-state index contributed by atoms with van der Waals surface area (Å²) in [6.07, 6.45) is 3.01. The summed E-state index contributed by atoms with van der Waals surface area (Å²) in [6.45, 7) is 5.51. The Labute approximate surface area is 108 Å². The molecule has 1 aliphatic rings. The summed E-state index contributed by atoms with van der Waals surface area (Å²) in [5.74, 6) is 0.476. The zero-order valence-electron chi connectivity index (χ0n) is 10.3. The topological polar surface area (TPSA) is 37.4 Å². The largest absolute Gasteiger partial charge is 0.252 e. The summed E-state index contributed by atoms with van der Waals surface area (Å²) in [5, 5.41) is 0. The molecule has 0 aliphatic carbocycles. The van der Waals surface area contributed by atoms with Gasteiger partial charge in [0, 0.05) is 18.0 Å². The molecule has 1 aliphatic heterocycles. The SMILES string of the molecule is CCc1ccc(S(=O)(=O)N2CCCC(C)C2)s1. The maximum absolute atomic E-state index is 12.4. The van der Waals surface area contributed by atoms with Crippen molar-refractivity contribution >= 4 is 21.4 Å². The molecule has 1 aromatic rings. The van der Waals surface area contributed by atoms with Crippen molar-refractivity contribution in [2.75, 3.05) is 13.1 Å². The predicted molar refractivity (Wildman–Crippen MR) is 70.9 cm³/mol. The van der Waals surface area contributed by atoms with E-state index in [9.17, 15) is 8.42 Å². The molecule has 1 aromatic heterocycles. The molecular weight excluding hydrogens is 254 g/mol. The van der Waals surface area contributed by atoms with E-state index < -0.39 is 10.0 Å². The number of sulfonamides is 1. The standard InChI is InChI=1S/C12H19NO2S2/c1-3-11-6-7-12(16-11)17(14,15)13-8-4-5-10(2)9-13/h6-7,10H,3-5,8-9H2,1-2H3. The number of aryl methyl sites for hydroxylation is 1. The molecule has 2 heterocycles. The fourth-order valence-corrected chi connectivity index (χ4v) is 5.23. The van der Waals surface area contributed by atoms with Gasteiger partial charge in [-0.1, -0.05) is 13.8 Å². The van der Waals surface area contributed by atoms with Gasteiger partial charge >= 0.3 is 0 Å². The summed E-state index contributed by atoms with van der Waals surface area (Å²) in [4.78, 5) is 1.13. The van der Waals surface area contributed by atoms with Crippen molar-refractivity contribution in [1.82, 2.24) is 4.31 Å². The highest BCUT2D eigenvalue weighted by Gasteiger charge is 2.29. The van der Waals surface area contributed by atoms with Crippen LogP contribution in [-0.4, -0.2) is 25.8 Å². The molecule has 96 valence electrons. The van der Waals surface area contributed by atoms with Crippen LogP contribution in [0.25, 0.3) is 0 Å². The molecule has 0 N–H and O–H groups in total. The Morgan fingerprint density at radius 3 is 2.82 bits per heavy atom. The summed E-state index contributed by atoms with van der Waals surface area (Å²) < 4.78 is 26.9. The molecule has 1 atom stereocenters. The summed E-state index contributed by atoms with van der Waals surface area (Å²) in [6, 6.07) is 3.67. The average Bonchev–Trinajstić information content (AvgIpc) is 2.78. The lowest BCUT2D eigenvalue weighted by atomic mass is 10.0. The fraction of sp³-hybridized carbons (Fsp3) is 0.667. The van der Waals surface area contributed by atoms with Crippen LogP contribution in [0.3, 0.4) is 0 Å². The van der Waals surface area contributed by atoms with Gasteiger partial charge in [0.2, 0.25) is 0 Å². The van der Waals surface area contributed by atoms with Crippen LogP contribution >= 0.6 is 11.3 Å². The molecule has 0 bridgehead atoms. The average molecular weight is 273 g/mol. The minimum Gasteiger partial charge on any atom is -0.206 e. The molecule has 0 amide bonds. The zero-order valence-corrected chi connectivity index (χ0v) is 12.0. The highest BCUT2D eigenvalue weighted by molar-refractivity contribution is 7.91. The number of nitrogens with zero attached hydrogens (tertiary/aromatic N) is 1. The van der Waals surface area contributed by atoms with Gasteiger partial charge in [0.25, 0.3) is 10.0 Å². The van der Waals surface area contributed by atoms with Crippen molar-refractivity contribution in [3.63, 3.8) is 0 Å². The lowest BCUT2D eigenvalue weighted by Gasteiger charge is -2.29. The van der Waals surface area contributed by atoms with Gasteiger partial charge in [-0.15, -0.1) is 11.3 Å². The smallest absolute Gasteiger partial charge is 0.206 e. The second-order valence-corrected chi connectivity index (χ2v) is 8.02. The normalized spacial score (nSPS) is 22.8. The molecule has 2 rings (SSSR count). The highest BCUT2D eigenvalue weighted by Crippen LogP contribution is 2.28. The van der Waals surface area contributed by atoms with Crippen LogP contribution in [0.2, 0.25) is 0 Å². The maximum atomic E-state index is 12.4. The third-order valence-corrected chi connectivity index (χ3v) is 6.76. The number of piperidine rings is 1. The number of rotatable bonds is 3. The van der Waals surface area contributed by atoms with Crippen molar-refractivity contribution in [3.05, 3.63) is 17.0 Å². The van der Waals surface area contributed by atoms with Crippen LogP contribution in [-0.2, 0) is 16.4 Å². The van der Waals surface area contributed by atoms with Gasteiger partial charge in [0.05, 0.1) is 0 Å². The van der Waals surface area contributed by atoms with Crippen molar-refractivity contribution in [2.24, 2.45) is 5.92 Å². The molecule has 1 fully saturated rings. The van der Waals surface area contributed by atoms with Crippen LogP contribution < -0.4 is 0 Å². The fourth-order valence-electron chi connectivity index (χ4n) is 2.18. The third kappa shape index (κ3) is 2.72. The van der Waals surface area contributed by atoms with Gasteiger partial charge in [-0.2, -0.15) is 4.31 Å². The van der Waals surface area contributed by atoms with Crippen molar-refractivity contribution in [1.29, 1.82) is 0 Å². The summed E-state index contributed by atoms with van der Waals surface area (Å²) >= 11 is 1.41. The van der Waals surface area contributed by atoms with Gasteiger partial charge in [0.15, 0.2) is 0 Å². The maximum Gasteiger partial charge on any atom is 0.252 e. The zero-order chi connectivity index (χ0) is 12.5. The van der Waals surface area contributed by atoms with Crippen molar-refractivity contribution < 1.29 is 8.42 Å². The first-order chi connectivity index (χ1) is 8.04. The molecule has 5 heteroatoms. The van der Waals surface area contributed by atoms with Gasteiger partial charge in [-0.3, -0.25) is 0 Å². The van der Waals surface area contributed by atoms with Gasteiger partial charge in [-0.25, -0.2) is 8.42 Å². The molecule has 0 spiro atoms. The molecule has 0 saturated carbocycles. The first kappa shape index (κ1) is 13.1. The Morgan fingerprint density at radius 1 is 1.47 bits per heavy atom. The Bertz CT molecular complexity index is 478. The monoisotopic (exact) mass is 273 g/mol. The quantitative estimate of drug-likeness (QED) is 0.849. The highest BCUT2D eigenvalue weighted by atomic mass is 32.2. The number of hydrogen-bond acceptors (Lipinski definition) is 3. The van der Waals surface area contributed by atoms with Crippen LogP contribution in [0.1, 0.15) is 31.6 Å².